The highest BCUT2D eigenvalue weighted by molar-refractivity contribution is 7.09. The Morgan fingerprint density at radius 2 is 2.36 bits per heavy atom. The van der Waals surface area contributed by atoms with Gasteiger partial charge in [0.15, 0.2) is 0 Å². The van der Waals surface area contributed by atoms with E-state index in [2.05, 4.69) is 0 Å². The number of carbonyl (C=O) groups excluding carboxylic acids is 1. The molecule has 0 bridgehead atoms. The first-order valence-corrected chi connectivity index (χ1v) is 5.41. The number of ether oxygens (including phenoxy) is 1. The molecule has 14 heavy (non-hydrogen) atoms. The lowest BCUT2D eigenvalue weighted by molar-refractivity contribution is 0.0825. The van der Waals surface area contributed by atoms with Crippen molar-refractivity contribution in [2.75, 3.05) is 7.05 Å². The minimum atomic E-state index is -0.270. The second-order valence-corrected chi connectivity index (χ2v) is 4.40. The molecule has 0 atom stereocenters. The van der Waals surface area contributed by atoms with Crippen molar-refractivity contribution in [1.82, 2.24) is 4.90 Å². The minimum Gasteiger partial charge on any atom is -0.447 e. The normalized spacial score (nSPS) is 10.3. The fourth-order valence-corrected chi connectivity index (χ4v) is 1.75. The fraction of sp³-hybridized carbons (Fsp3) is 0.500. The quantitative estimate of drug-likeness (QED) is 0.772. The number of nitrogens with zero attached hydrogens (tertiary/aromatic N) is 1. The molecule has 1 amide bonds. The number of amides is 1. The van der Waals surface area contributed by atoms with Crippen molar-refractivity contribution in [2.45, 2.75) is 26.5 Å². The number of hydrogen-bond acceptors (Lipinski definition) is 3. The van der Waals surface area contributed by atoms with Gasteiger partial charge in [-0.2, -0.15) is 0 Å². The largest absolute Gasteiger partial charge is 0.447 e. The average molecular weight is 213 g/mol. The summed E-state index contributed by atoms with van der Waals surface area (Å²) in [4.78, 5) is 14.1. The van der Waals surface area contributed by atoms with Crippen LogP contribution in [0.3, 0.4) is 0 Å². The Hall–Kier alpha value is -1.03. The monoisotopic (exact) mass is 213 g/mol. The molecule has 3 nitrogen and oxygen atoms in total. The first-order valence-electron chi connectivity index (χ1n) is 4.53. The molecule has 4 heteroatoms. The second kappa shape index (κ2) is 5.00. The third-order valence-electron chi connectivity index (χ3n) is 1.62. The second-order valence-electron chi connectivity index (χ2n) is 3.37. The lowest BCUT2D eigenvalue weighted by Crippen LogP contribution is -2.28. The topological polar surface area (TPSA) is 29.5 Å². The van der Waals surface area contributed by atoms with Gasteiger partial charge in [0.05, 0.1) is 12.6 Å². The molecule has 0 fully saturated rings. The smallest absolute Gasteiger partial charge is 0.410 e. The molecule has 0 N–H and O–H groups in total. The Balaban J connectivity index is 2.42. The molecule has 0 aliphatic heterocycles. The third-order valence-corrected chi connectivity index (χ3v) is 2.48. The zero-order valence-corrected chi connectivity index (χ0v) is 9.50. The van der Waals surface area contributed by atoms with Crippen LogP contribution in [0.4, 0.5) is 4.79 Å². The highest BCUT2D eigenvalue weighted by Crippen LogP contribution is 2.11. The summed E-state index contributed by atoms with van der Waals surface area (Å²) < 4.78 is 5.05. The van der Waals surface area contributed by atoms with Crippen LogP contribution in [0, 0.1) is 0 Å². The Kier molecular flexibility index (Phi) is 3.95. The van der Waals surface area contributed by atoms with Gasteiger partial charge in [-0.05, 0) is 25.3 Å². The van der Waals surface area contributed by atoms with Crippen LogP contribution in [0.1, 0.15) is 18.7 Å². The molecule has 0 unspecified atom stereocenters. The van der Waals surface area contributed by atoms with Crippen LogP contribution in [0.25, 0.3) is 0 Å². The lowest BCUT2D eigenvalue weighted by Gasteiger charge is -2.17. The highest BCUT2D eigenvalue weighted by atomic mass is 32.1. The number of carbonyl (C=O) groups is 1. The molecule has 0 aliphatic rings. The predicted octanol–water partition coefficient (Wildman–Crippen LogP) is 2.72. The van der Waals surface area contributed by atoms with Crippen LogP contribution in [0.5, 0.6) is 0 Å². The number of hydrogen-bond donors (Lipinski definition) is 0. The van der Waals surface area contributed by atoms with E-state index in [4.69, 9.17) is 4.74 Å². The Bertz CT molecular complexity index is 282. The van der Waals surface area contributed by atoms with Gasteiger partial charge >= 0.3 is 6.09 Å². The summed E-state index contributed by atoms with van der Waals surface area (Å²) >= 11 is 1.64. The summed E-state index contributed by atoms with van der Waals surface area (Å²) in [5, 5.41) is 2.00. The van der Waals surface area contributed by atoms with E-state index in [1.807, 2.05) is 31.4 Å². The van der Waals surface area contributed by atoms with Crippen molar-refractivity contribution in [3.05, 3.63) is 22.4 Å². The van der Waals surface area contributed by atoms with E-state index in [1.165, 1.54) is 0 Å². The molecule has 0 saturated heterocycles. The van der Waals surface area contributed by atoms with Crippen molar-refractivity contribution < 1.29 is 9.53 Å². The van der Waals surface area contributed by atoms with E-state index in [0.717, 1.165) is 4.88 Å². The van der Waals surface area contributed by atoms with Gasteiger partial charge < -0.3 is 9.64 Å². The Morgan fingerprint density at radius 3 is 2.86 bits per heavy atom. The van der Waals surface area contributed by atoms with Gasteiger partial charge in [0.1, 0.15) is 0 Å². The molecule has 1 heterocycles. The molecule has 0 radical (unpaired) electrons. The minimum absolute atomic E-state index is 0.0618. The van der Waals surface area contributed by atoms with Gasteiger partial charge in [0.2, 0.25) is 0 Å². The third kappa shape index (κ3) is 3.38. The summed E-state index contributed by atoms with van der Waals surface area (Å²) in [6.45, 7) is 4.30. The molecule has 1 aromatic rings. The van der Waals surface area contributed by atoms with Gasteiger partial charge in [-0.25, -0.2) is 4.79 Å². The molecule has 1 rings (SSSR count). The van der Waals surface area contributed by atoms with E-state index in [-0.39, 0.29) is 12.2 Å². The van der Waals surface area contributed by atoms with Crippen molar-refractivity contribution >= 4 is 17.4 Å². The summed E-state index contributed by atoms with van der Waals surface area (Å²) in [5.41, 5.74) is 0. The maximum atomic E-state index is 11.4. The van der Waals surface area contributed by atoms with Crippen LogP contribution >= 0.6 is 11.3 Å². The standard InChI is InChI=1S/C10H15NO2S/c1-8(2)13-10(12)11(3)7-9-5-4-6-14-9/h4-6,8H,7H2,1-3H3. The number of rotatable bonds is 3. The van der Waals surface area contributed by atoms with Crippen LogP contribution < -0.4 is 0 Å². The van der Waals surface area contributed by atoms with E-state index in [9.17, 15) is 4.79 Å². The Morgan fingerprint density at radius 1 is 1.64 bits per heavy atom. The molecule has 0 aliphatic carbocycles. The first kappa shape index (κ1) is 11.0. The van der Waals surface area contributed by atoms with Crippen LogP contribution in [-0.4, -0.2) is 24.1 Å². The van der Waals surface area contributed by atoms with E-state index >= 15 is 0 Å². The summed E-state index contributed by atoms with van der Waals surface area (Å²) in [6, 6.07) is 3.98. The zero-order chi connectivity index (χ0) is 10.6. The van der Waals surface area contributed by atoms with Crippen molar-refractivity contribution in [2.24, 2.45) is 0 Å². The molecule has 78 valence electrons. The summed E-state index contributed by atoms with van der Waals surface area (Å²) in [6.07, 6.45) is -0.332. The van der Waals surface area contributed by atoms with Gasteiger partial charge in [-0.3, -0.25) is 0 Å². The molecule has 1 aromatic heterocycles. The molecule has 0 spiro atoms. The van der Waals surface area contributed by atoms with Crippen LogP contribution in [0.2, 0.25) is 0 Å². The van der Waals surface area contributed by atoms with Crippen LogP contribution in [0.15, 0.2) is 17.5 Å². The molecular weight excluding hydrogens is 198 g/mol. The van der Waals surface area contributed by atoms with E-state index < -0.39 is 0 Å². The molecule has 0 aromatic carbocycles. The van der Waals surface area contributed by atoms with Gasteiger partial charge in [-0.1, -0.05) is 6.07 Å². The zero-order valence-electron chi connectivity index (χ0n) is 8.69. The lowest BCUT2D eigenvalue weighted by atomic mass is 10.4. The van der Waals surface area contributed by atoms with Crippen LogP contribution in [-0.2, 0) is 11.3 Å². The fourth-order valence-electron chi connectivity index (χ4n) is 0.992. The van der Waals surface area contributed by atoms with Crippen molar-refractivity contribution in [3.63, 3.8) is 0 Å². The Labute approximate surface area is 88.3 Å². The van der Waals surface area contributed by atoms with E-state index in [0.29, 0.717) is 6.54 Å². The molecular formula is C10H15NO2S. The number of thiophene rings is 1. The first-order chi connectivity index (χ1) is 6.59. The average Bonchev–Trinajstić information content (AvgIpc) is 2.55. The van der Waals surface area contributed by atoms with Crippen molar-refractivity contribution in [3.8, 4) is 0 Å². The van der Waals surface area contributed by atoms with Gasteiger partial charge in [0, 0.05) is 11.9 Å². The molecule has 0 saturated carbocycles. The summed E-state index contributed by atoms with van der Waals surface area (Å²) in [7, 11) is 1.74. The maximum absolute atomic E-state index is 11.4. The summed E-state index contributed by atoms with van der Waals surface area (Å²) in [5.74, 6) is 0. The predicted molar refractivity (Wildman–Crippen MR) is 57.4 cm³/mol. The van der Waals surface area contributed by atoms with Gasteiger partial charge in [-0.15, -0.1) is 11.3 Å². The maximum Gasteiger partial charge on any atom is 0.410 e. The van der Waals surface area contributed by atoms with Crippen molar-refractivity contribution in [1.29, 1.82) is 0 Å². The van der Waals surface area contributed by atoms with E-state index in [1.54, 1.807) is 23.3 Å². The SMILES string of the molecule is CC(C)OC(=O)N(C)Cc1cccs1. The highest BCUT2D eigenvalue weighted by Gasteiger charge is 2.11. The van der Waals surface area contributed by atoms with Gasteiger partial charge in [0.25, 0.3) is 0 Å².